The van der Waals surface area contributed by atoms with Gasteiger partial charge in [0.25, 0.3) is 0 Å². The molecule has 5 heteroatoms. The molecule has 1 aromatic rings. The minimum Gasteiger partial charge on any atom is -0.379 e. The summed E-state index contributed by atoms with van der Waals surface area (Å²) in [4.78, 5) is 15.4. The molecule has 1 unspecified atom stereocenters. The van der Waals surface area contributed by atoms with Crippen molar-refractivity contribution in [3.8, 4) is 0 Å². The van der Waals surface area contributed by atoms with Crippen LogP contribution >= 0.6 is 0 Å². The van der Waals surface area contributed by atoms with Gasteiger partial charge in [0.1, 0.15) is 5.54 Å². The number of ether oxygens (including phenoxy) is 1. The van der Waals surface area contributed by atoms with E-state index in [2.05, 4.69) is 10.2 Å². The van der Waals surface area contributed by atoms with Gasteiger partial charge >= 0.3 is 0 Å². The summed E-state index contributed by atoms with van der Waals surface area (Å²) >= 11 is 0. The maximum Gasteiger partial charge on any atom is 0.244 e. The molecule has 1 saturated carbocycles. The summed E-state index contributed by atoms with van der Waals surface area (Å²) in [7, 11) is 0. The zero-order valence-corrected chi connectivity index (χ0v) is 16.0. The highest BCUT2D eigenvalue weighted by Gasteiger charge is 2.37. The molecule has 26 heavy (non-hydrogen) atoms. The summed E-state index contributed by atoms with van der Waals surface area (Å²) < 4.78 is 5.49. The molecule has 2 fully saturated rings. The lowest BCUT2D eigenvalue weighted by Crippen LogP contribution is -2.54. The number of hydrogen-bond acceptors (Lipinski definition) is 4. The highest BCUT2D eigenvalue weighted by atomic mass is 16.5. The normalized spacial score (nSPS) is 23.2. The number of amides is 1. The lowest BCUT2D eigenvalue weighted by atomic mass is 9.73. The molecule has 1 amide bonds. The van der Waals surface area contributed by atoms with Crippen molar-refractivity contribution < 1.29 is 9.53 Å². The Kier molecular flexibility index (Phi) is 6.33. The smallest absolute Gasteiger partial charge is 0.244 e. The average Bonchev–Trinajstić information content (AvgIpc) is 2.68. The van der Waals surface area contributed by atoms with Crippen molar-refractivity contribution in [1.82, 2.24) is 10.2 Å². The quantitative estimate of drug-likeness (QED) is 0.818. The molecule has 144 valence electrons. The summed E-state index contributed by atoms with van der Waals surface area (Å²) in [6.45, 7) is 7.18. The van der Waals surface area contributed by atoms with E-state index in [1.54, 1.807) is 6.92 Å². The zero-order valence-electron chi connectivity index (χ0n) is 16.0. The van der Waals surface area contributed by atoms with Crippen LogP contribution in [-0.4, -0.2) is 50.2 Å². The molecule has 0 spiro atoms. The standard InChI is InChI=1S/C21H33N3O2/c1-20(22,18-8-4-2-5-9-18)19(25)23-16-21(10-6-3-7-11-21)17-24-12-14-26-15-13-24/h2,4-5,8-9H,3,6-7,10-17,22H2,1H3,(H,23,25). The fourth-order valence-corrected chi connectivity index (χ4v) is 4.29. The first kappa shape index (κ1) is 19.3. The Morgan fingerprint density at radius 3 is 2.50 bits per heavy atom. The van der Waals surface area contributed by atoms with Crippen LogP contribution in [0.15, 0.2) is 30.3 Å². The van der Waals surface area contributed by atoms with Crippen LogP contribution in [0.25, 0.3) is 0 Å². The maximum atomic E-state index is 12.9. The number of carbonyl (C=O) groups is 1. The molecular weight excluding hydrogens is 326 g/mol. The molecule has 1 heterocycles. The van der Waals surface area contributed by atoms with E-state index < -0.39 is 5.54 Å². The molecule has 2 aliphatic rings. The highest BCUT2D eigenvalue weighted by molar-refractivity contribution is 5.87. The molecule has 0 radical (unpaired) electrons. The van der Waals surface area contributed by atoms with Gasteiger partial charge in [0.05, 0.1) is 13.2 Å². The zero-order chi connectivity index (χ0) is 18.5. The second-order valence-corrected chi connectivity index (χ2v) is 8.20. The summed E-state index contributed by atoms with van der Waals surface area (Å²) in [5.41, 5.74) is 6.40. The first-order valence-electron chi connectivity index (χ1n) is 9.95. The Morgan fingerprint density at radius 1 is 1.19 bits per heavy atom. The van der Waals surface area contributed by atoms with E-state index in [1.807, 2.05) is 30.3 Å². The minimum absolute atomic E-state index is 0.0874. The van der Waals surface area contributed by atoms with Crippen LogP contribution in [-0.2, 0) is 15.1 Å². The van der Waals surface area contributed by atoms with Crippen LogP contribution in [0.3, 0.4) is 0 Å². The van der Waals surface area contributed by atoms with E-state index in [-0.39, 0.29) is 11.3 Å². The van der Waals surface area contributed by atoms with Gasteiger partial charge in [0.15, 0.2) is 0 Å². The molecule has 1 aliphatic heterocycles. The lowest BCUT2D eigenvalue weighted by molar-refractivity contribution is -0.127. The van der Waals surface area contributed by atoms with E-state index in [1.165, 1.54) is 32.1 Å². The summed E-state index contributed by atoms with van der Waals surface area (Å²) in [5, 5.41) is 3.20. The molecule has 1 aliphatic carbocycles. The predicted molar refractivity (Wildman–Crippen MR) is 104 cm³/mol. The van der Waals surface area contributed by atoms with Crippen LogP contribution in [0, 0.1) is 5.41 Å². The molecule has 1 atom stereocenters. The molecule has 1 saturated heterocycles. The van der Waals surface area contributed by atoms with E-state index in [9.17, 15) is 4.79 Å². The van der Waals surface area contributed by atoms with Crippen molar-refractivity contribution in [2.45, 2.75) is 44.6 Å². The molecule has 5 nitrogen and oxygen atoms in total. The third-order valence-electron chi connectivity index (χ3n) is 6.05. The molecule has 3 N–H and O–H groups in total. The predicted octanol–water partition coefficient (Wildman–Crippen LogP) is 2.26. The molecule has 0 bridgehead atoms. The monoisotopic (exact) mass is 359 g/mol. The number of nitrogens with zero attached hydrogens (tertiary/aromatic N) is 1. The topological polar surface area (TPSA) is 67.6 Å². The number of nitrogens with two attached hydrogens (primary N) is 1. The van der Waals surface area contributed by atoms with Gasteiger partial charge in [-0.05, 0) is 25.3 Å². The summed E-state index contributed by atoms with van der Waals surface area (Å²) in [5.74, 6) is -0.0874. The van der Waals surface area contributed by atoms with Gasteiger partial charge in [-0.25, -0.2) is 0 Å². The lowest BCUT2D eigenvalue weighted by Gasteiger charge is -2.42. The van der Waals surface area contributed by atoms with Gasteiger partial charge in [0, 0.05) is 31.6 Å². The number of hydrogen-bond donors (Lipinski definition) is 2. The van der Waals surface area contributed by atoms with Crippen molar-refractivity contribution in [2.75, 3.05) is 39.4 Å². The fourth-order valence-electron chi connectivity index (χ4n) is 4.29. The number of benzene rings is 1. The first-order chi connectivity index (χ1) is 12.5. The largest absolute Gasteiger partial charge is 0.379 e. The SMILES string of the molecule is CC(N)(C(=O)NCC1(CN2CCOCC2)CCCCC1)c1ccccc1. The van der Waals surface area contributed by atoms with Crippen LogP contribution in [0.4, 0.5) is 0 Å². The van der Waals surface area contributed by atoms with Crippen LogP contribution in [0.2, 0.25) is 0 Å². The van der Waals surface area contributed by atoms with Gasteiger partial charge in [-0.15, -0.1) is 0 Å². The van der Waals surface area contributed by atoms with Crippen LogP contribution < -0.4 is 11.1 Å². The average molecular weight is 360 g/mol. The Labute approximate surface area is 157 Å². The van der Waals surface area contributed by atoms with Gasteiger partial charge in [-0.1, -0.05) is 49.6 Å². The summed E-state index contributed by atoms with van der Waals surface area (Å²) in [6.07, 6.45) is 6.16. The maximum absolute atomic E-state index is 12.9. The van der Waals surface area contributed by atoms with E-state index in [4.69, 9.17) is 10.5 Å². The van der Waals surface area contributed by atoms with Gasteiger partial charge < -0.3 is 15.8 Å². The second-order valence-electron chi connectivity index (χ2n) is 8.20. The number of morpholine rings is 1. The third-order valence-corrected chi connectivity index (χ3v) is 6.05. The van der Waals surface area contributed by atoms with E-state index in [0.29, 0.717) is 6.54 Å². The van der Waals surface area contributed by atoms with Crippen molar-refractivity contribution >= 4 is 5.91 Å². The Bertz CT molecular complexity index is 576. The Hall–Kier alpha value is -1.43. The number of carbonyl (C=O) groups excluding carboxylic acids is 1. The van der Waals surface area contributed by atoms with Gasteiger partial charge in [-0.2, -0.15) is 0 Å². The van der Waals surface area contributed by atoms with Gasteiger partial charge in [-0.3, -0.25) is 9.69 Å². The molecule has 3 rings (SSSR count). The Balaban J connectivity index is 1.64. The molecule has 0 aromatic heterocycles. The van der Waals surface area contributed by atoms with Crippen molar-refractivity contribution in [3.05, 3.63) is 35.9 Å². The van der Waals surface area contributed by atoms with Crippen LogP contribution in [0.5, 0.6) is 0 Å². The van der Waals surface area contributed by atoms with Crippen molar-refractivity contribution in [3.63, 3.8) is 0 Å². The second kappa shape index (κ2) is 8.51. The van der Waals surface area contributed by atoms with Gasteiger partial charge in [0.2, 0.25) is 5.91 Å². The number of nitrogens with one attached hydrogen (secondary N) is 1. The number of rotatable bonds is 6. The molecule has 1 aromatic carbocycles. The fraction of sp³-hybridized carbons (Fsp3) is 0.667. The Morgan fingerprint density at radius 2 is 1.85 bits per heavy atom. The molecular formula is C21H33N3O2. The van der Waals surface area contributed by atoms with Crippen molar-refractivity contribution in [2.24, 2.45) is 11.1 Å². The third kappa shape index (κ3) is 4.64. The summed E-state index contributed by atoms with van der Waals surface area (Å²) in [6, 6.07) is 9.63. The first-order valence-corrected chi connectivity index (χ1v) is 9.95. The highest BCUT2D eigenvalue weighted by Crippen LogP contribution is 2.37. The van der Waals surface area contributed by atoms with Crippen molar-refractivity contribution in [1.29, 1.82) is 0 Å². The van der Waals surface area contributed by atoms with Crippen LogP contribution in [0.1, 0.15) is 44.6 Å². The van der Waals surface area contributed by atoms with E-state index in [0.717, 1.165) is 38.4 Å². The minimum atomic E-state index is -1.00. The van der Waals surface area contributed by atoms with E-state index >= 15 is 0 Å².